The molecular weight excluding hydrogens is 276 g/mol. The van der Waals surface area contributed by atoms with Crippen LogP contribution in [0.1, 0.15) is 32.9 Å². The molecule has 0 aliphatic carbocycles. The average molecular weight is 300 g/mol. The molecule has 5 heteroatoms. The number of nitrogens with zero attached hydrogens (tertiary/aromatic N) is 3. The van der Waals surface area contributed by atoms with Gasteiger partial charge in [-0.1, -0.05) is 20.8 Å². The van der Waals surface area contributed by atoms with Crippen LogP contribution in [0.25, 0.3) is 11.4 Å². The molecule has 2 aromatic heterocycles. The first kappa shape index (κ1) is 16.4. The third-order valence-electron chi connectivity index (χ3n) is 3.62. The van der Waals surface area contributed by atoms with Gasteiger partial charge < -0.3 is 10.4 Å². The fourth-order valence-electron chi connectivity index (χ4n) is 2.12. The standard InChI is InChI=1S/C17H24N4O/c1-4-14-11-15(19-12-17(2,3)7-10-22)21-16(20-14)13-5-8-18-9-6-13/h5-6,8-9,11,22H,4,7,10,12H2,1-3H3,(H,19,20,21). The second kappa shape index (κ2) is 7.31. The molecule has 0 aromatic carbocycles. The van der Waals surface area contributed by atoms with Crippen LogP contribution in [0.4, 0.5) is 5.82 Å². The van der Waals surface area contributed by atoms with Crippen molar-refractivity contribution in [2.45, 2.75) is 33.6 Å². The van der Waals surface area contributed by atoms with Gasteiger partial charge in [0.15, 0.2) is 5.82 Å². The quantitative estimate of drug-likeness (QED) is 0.822. The number of aromatic nitrogens is 3. The third kappa shape index (κ3) is 4.49. The Kier molecular flexibility index (Phi) is 5.44. The molecule has 0 fully saturated rings. The second-order valence-corrected chi connectivity index (χ2v) is 6.15. The Bertz CT molecular complexity index is 599. The average Bonchev–Trinajstić information content (AvgIpc) is 2.53. The van der Waals surface area contributed by atoms with Gasteiger partial charge in [0.2, 0.25) is 0 Å². The summed E-state index contributed by atoms with van der Waals surface area (Å²) in [5.74, 6) is 1.54. The molecular formula is C17H24N4O. The Labute approximate surface area is 131 Å². The minimum absolute atomic E-state index is 0.0168. The number of aliphatic hydroxyl groups is 1. The van der Waals surface area contributed by atoms with Crippen molar-refractivity contribution in [1.82, 2.24) is 15.0 Å². The Morgan fingerprint density at radius 3 is 2.55 bits per heavy atom. The van der Waals surface area contributed by atoms with Crippen LogP contribution >= 0.6 is 0 Å². The number of anilines is 1. The third-order valence-corrected chi connectivity index (χ3v) is 3.62. The van der Waals surface area contributed by atoms with E-state index in [4.69, 9.17) is 5.11 Å². The normalized spacial score (nSPS) is 11.5. The maximum Gasteiger partial charge on any atom is 0.161 e. The van der Waals surface area contributed by atoms with Crippen molar-refractivity contribution in [1.29, 1.82) is 0 Å². The van der Waals surface area contributed by atoms with E-state index in [1.54, 1.807) is 12.4 Å². The van der Waals surface area contributed by atoms with Gasteiger partial charge in [-0.05, 0) is 30.4 Å². The van der Waals surface area contributed by atoms with Gasteiger partial charge in [-0.3, -0.25) is 4.98 Å². The first-order chi connectivity index (χ1) is 10.5. The number of pyridine rings is 1. The summed E-state index contributed by atoms with van der Waals surface area (Å²) in [5, 5.41) is 12.5. The van der Waals surface area contributed by atoms with Crippen molar-refractivity contribution in [2.75, 3.05) is 18.5 Å². The van der Waals surface area contributed by atoms with E-state index in [2.05, 4.69) is 41.0 Å². The van der Waals surface area contributed by atoms with Gasteiger partial charge in [-0.25, -0.2) is 9.97 Å². The van der Waals surface area contributed by atoms with Crippen LogP contribution in [0.2, 0.25) is 0 Å². The maximum absolute atomic E-state index is 9.11. The lowest BCUT2D eigenvalue weighted by atomic mass is 9.90. The van der Waals surface area contributed by atoms with Crippen molar-refractivity contribution in [3.05, 3.63) is 36.3 Å². The minimum atomic E-state index is 0.0168. The fraction of sp³-hybridized carbons (Fsp3) is 0.471. The molecule has 0 bridgehead atoms. The van der Waals surface area contributed by atoms with E-state index >= 15 is 0 Å². The maximum atomic E-state index is 9.11. The van der Waals surface area contributed by atoms with E-state index < -0.39 is 0 Å². The van der Waals surface area contributed by atoms with Crippen LogP contribution in [0, 0.1) is 5.41 Å². The molecule has 5 nitrogen and oxygen atoms in total. The van der Waals surface area contributed by atoms with Gasteiger partial charge in [0, 0.05) is 42.9 Å². The lowest BCUT2D eigenvalue weighted by molar-refractivity contribution is 0.220. The molecule has 2 aromatic rings. The zero-order chi connectivity index (χ0) is 16.0. The highest BCUT2D eigenvalue weighted by molar-refractivity contribution is 5.56. The number of nitrogens with one attached hydrogen (secondary N) is 1. The first-order valence-electron chi connectivity index (χ1n) is 7.67. The van der Waals surface area contributed by atoms with Gasteiger partial charge in [0.05, 0.1) is 0 Å². The number of hydrogen-bond donors (Lipinski definition) is 2. The molecule has 0 unspecified atom stereocenters. The van der Waals surface area contributed by atoms with Crippen molar-refractivity contribution in [2.24, 2.45) is 5.41 Å². The predicted octanol–water partition coefficient (Wildman–Crippen LogP) is 2.92. The van der Waals surface area contributed by atoms with Crippen molar-refractivity contribution in [3.8, 4) is 11.4 Å². The summed E-state index contributed by atoms with van der Waals surface area (Å²) < 4.78 is 0. The summed E-state index contributed by atoms with van der Waals surface area (Å²) in [7, 11) is 0. The monoisotopic (exact) mass is 300 g/mol. The second-order valence-electron chi connectivity index (χ2n) is 6.15. The van der Waals surface area contributed by atoms with E-state index in [0.29, 0.717) is 5.82 Å². The first-order valence-corrected chi connectivity index (χ1v) is 7.67. The summed E-state index contributed by atoms with van der Waals surface area (Å²) in [5.41, 5.74) is 1.98. The van der Waals surface area contributed by atoms with E-state index in [0.717, 1.165) is 36.5 Å². The molecule has 0 saturated heterocycles. The summed E-state index contributed by atoms with van der Waals surface area (Å²) in [4.78, 5) is 13.2. The molecule has 0 radical (unpaired) electrons. The highest BCUT2D eigenvalue weighted by atomic mass is 16.3. The molecule has 2 heterocycles. The van der Waals surface area contributed by atoms with Crippen molar-refractivity contribution >= 4 is 5.82 Å². The molecule has 0 amide bonds. The summed E-state index contributed by atoms with van der Waals surface area (Å²) >= 11 is 0. The topological polar surface area (TPSA) is 70.9 Å². The summed E-state index contributed by atoms with van der Waals surface area (Å²) in [6, 6.07) is 5.81. The highest BCUT2D eigenvalue weighted by Crippen LogP contribution is 2.22. The van der Waals surface area contributed by atoms with E-state index in [-0.39, 0.29) is 12.0 Å². The van der Waals surface area contributed by atoms with E-state index in [9.17, 15) is 0 Å². The fourth-order valence-corrected chi connectivity index (χ4v) is 2.12. The molecule has 0 aliphatic rings. The number of aryl methyl sites for hydroxylation is 1. The van der Waals surface area contributed by atoms with Crippen LogP contribution in [0.5, 0.6) is 0 Å². The number of hydrogen-bond acceptors (Lipinski definition) is 5. The molecule has 0 atom stereocenters. The zero-order valence-corrected chi connectivity index (χ0v) is 13.5. The van der Waals surface area contributed by atoms with E-state index in [1.165, 1.54) is 0 Å². The molecule has 0 saturated carbocycles. The van der Waals surface area contributed by atoms with Crippen molar-refractivity contribution < 1.29 is 5.11 Å². The van der Waals surface area contributed by atoms with Gasteiger partial charge in [-0.2, -0.15) is 0 Å². The van der Waals surface area contributed by atoms with Gasteiger partial charge in [0.1, 0.15) is 5.82 Å². The zero-order valence-electron chi connectivity index (χ0n) is 13.5. The van der Waals surface area contributed by atoms with Gasteiger partial charge in [-0.15, -0.1) is 0 Å². The molecule has 0 aliphatic heterocycles. The lowest BCUT2D eigenvalue weighted by Gasteiger charge is -2.24. The Hall–Kier alpha value is -2.01. The predicted molar refractivity (Wildman–Crippen MR) is 88.6 cm³/mol. The highest BCUT2D eigenvalue weighted by Gasteiger charge is 2.17. The summed E-state index contributed by atoms with van der Waals surface area (Å²) in [6.07, 6.45) is 5.10. The van der Waals surface area contributed by atoms with Crippen LogP contribution < -0.4 is 5.32 Å². The lowest BCUT2D eigenvalue weighted by Crippen LogP contribution is -2.24. The number of rotatable bonds is 7. The van der Waals surface area contributed by atoms with Gasteiger partial charge in [0.25, 0.3) is 0 Å². The van der Waals surface area contributed by atoms with Gasteiger partial charge >= 0.3 is 0 Å². The number of aliphatic hydroxyl groups excluding tert-OH is 1. The molecule has 118 valence electrons. The Morgan fingerprint density at radius 1 is 1.18 bits per heavy atom. The molecule has 2 rings (SSSR count). The smallest absolute Gasteiger partial charge is 0.161 e. The minimum Gasteiger partial charge on any atom is -0.396 e. The molecule has 22 heavy (non-hydrogen) atoms. The van der Waals surface area contributed by atoms with Crippen LogP contribution in [0.15, 0.2) is 30.6 Å². The Morgan fingerprint density at radius 2 is 1.91 bits per heavy atom. The molecule has 0 spiro atoms. The molecule has 2 N–H and O–H groups in total. The van der Waals surface area contributed by atoms with Crippen LogP contribution in [0.3, 0.4) is 0 Å². The van der Waals surface area contributed by atoms with Crippen LogP contribution in [-0.2, 0) is 6.42 Å². The van der Waals surface area contributed by atoms with E-state index in [1.807, 2.05) is 18.2 Å². The Balaban J connectivity index is 2.21. The summed E-state index contributed by atoms with van der Waals surface area (Å²) in [6.45, 7) is 7.28. The van der Waals surface area contributed by atoms with Crippen LogP contribution in [-0.4, -0.2) is 33.2 Å². The largest absolute Gasteiger partial charge is 0.396 e. The SMILES string of the molecule is CCc1cc(NCC(C)(C)CCO)nc(-c2ccncc2)n1. The van der Waals surface area contributed by atoms with Crippen molar-refractivity contribution in [3.63, 3.8) is 0 Å².